The fraction of sp³-hybridized carbons (Fsp3) is 0.0328. The highest BCUT2D eigenvalue weighted by Crippen LogP contribution is 2.49. The maximum atomic E-state index is 6.89. The third-order valence-electron chi connectivity index (χ3n) is 12.8. The van der Waals surface area contributed by atoms with Crippen molar-refractivity contribution in [3.63, 3.8) is 0 Å². The molecule has 11 aromatic rings. The van der Waals surface area contributed by atoms with E-state index in [0.717, 1.165) is 89.0 Å². The molecular weight excluding hydrogens is 851 g/mol. The molecule has 0 fully saturated rings. The molecule has 0 radical (unpaired) electrons. The first-order chi connectivity index (χ1) is 34.1. The lowest BCUT2D eigenvalue weighted by atomic mass is 9.94. The standard InChI is InChI=1S/C61H39N5O3/c1-2-12-42(13-3-1)59-64-60(43-28-29-49-48-14-4-5-17-53(48)67-56(49)37-43)66-61(65-59)50-31-30-47(57-58(50)69-55-19-7-6-18-54(55)68-57)41-26-24-39(25-27-41)38-20-22-40(23-21-38)44-34-45(51-15-8-10-32-62-51)36-46(35-44)52-16-9-11-33-63-52/h1-37,54-55H. The fourth-order valence-corrected chi connectivity index (χ4v) is 9.31. The van der Waals surface area contributed by atoms with Gasteiger partial charge in [0, 0.05) is 51.0 Å². The van der Waals surface area contributed by atoms with Crippen molar-refractivity contribution in [2.45, 2.75) is 12.2 Å². The van der Waals surface area contributed by atoms with Crippen LogP contribution in [-0.2, 0) is 0 Å². The van der Waals surface area contributed by atoms with Gasteiger partial charge in [-0.2, -0.15) is 0 Å². The van der Waals surface area contributed by atoms with Crippen molar-refractivity contribution < 1.29 is 13.9 Å². The van der Waals surface area contributed by atoms with Crippen LogP contribution >= 0.6 is 0 Å². The number of rotatable bonds is 8. The number of hydrogen-bond acceptors (Lipinski definition) is 8. The summed E-state index contributed by atoms with van der Waals surface area (Å²) in [5.41, 5.74) is 14.2. The van der Waals surface area contributed by atoms with Crippen molar-refractivity contribution in [1.82, 2.24) is 24.9 Å². The van der Waals surface area contributed by atoms with Gasteiger partial charge in [-0.15, -0.1) is 0 Å². The van der Waals surface area contributed by atoms with Crippen LogP contribution in [0.5, 0.6) is 11.5 Å². The molecule has 0 bridgehead atoms. The summed E-state index contributed by atoms with van der Waals surface area (Å²) in [6.07, 6.45) is 11.1. The van der Waals surface area contributed by atoms with Crippen molar-refractivity contribution >= 4 is 21.9 Å². The minimum Gasteiger partial charge on any atom is -0.478 e. The smallest absolute Gasteiger partial charge is 0.174 e. The number of ether oxygens (including phenoxy) is 2. The Kier molecular flexibility index (Phi) is 9.79. The topological polar surface area (TPSA) is 96.1 Å². The second kappa shape index (κ2) is 16.9. The van der Waals surface area contributed by atoms with Crippen molar-refractivity contribution in [3.05, 3.63) is 225 Å². The molecule has 0 amide bonds. The SMILES string of the molecule is C1=CC2Oc3c(-c4ccc(-c5ccc(-c6cc(-c7ccccn7)cc(-c7ccccn7)c6)cc5)cc4)ccc(-c4nc(-c5ccccc5)nc(-c5ccc6c(c5)oc5ccccc56)n4)c3OC2C=C1. The Morgan fingerprint density at radius 3 is 1.49 bits per heavy atom. The molecule has 7 aromatic carbocycles. The molecule has 2 aliphatic rings. The zero-order chi connectivity index (χ0) is 45.7. The van der Waals surface area contributed by atoms with Gasteiger partial charge in [0.2, 0.25) is 0 Å². The Balaban J connectivity index is 0.861. The summed E-state index contributed by atoms with van der Waals surface area (Å²) in [5, 5.41) is 2.10. The number of benzene rings is 7. The first kappa shape index (κ1) is 40.0. The molecule has 2 unspecified atom stereocenters. The summed E-state index contributed by atoms with van der Waals surface area (Å²) in [6.45, 7) is 0. The molecule has 8 heteroatoms. The van der Waals surface area contributed by atoms with Gasteiger partial charge in [0.25, 0.3) is 0 Å². The predicted octanol–water partition coefficient (Wildman–Crippen LogP) is 14.5. The molecule has 0 N–H and O–H groups in total. The molecule has 5 heterocycles. The van der Waals surface area contributed by atoms with Gasteiger partial charge in [0.15, 0.2) is 41.2 Å². The second-order valence-electron chi connectivity index (χ2n) is 17.1. The third kappa shape index (κ3) is 7.50. The quantitative estimate of drug-likeness (QED) is 0.149. The molecule has 1 aliphatic carbocycles. The van der Waals surface area contributed by atoms with Crippen molar-refractivity contribution in [2.75, 3.05) is 0 Å². The molecule has 2 atom stereocenters. The number of allylic oxidation sites excluding steroid dienone is 2. The number of furan rings is 1. The first-order valence-electron chi connectivity index (χ1n) is 22.9. The number of pyridine rings is 2. The van der Waals surface area contributed by atoms with Gasteiger partial charge in [-0.25, -0.2) is 15.0 Å². The average molecular weight is 890 g/mol. The van der Waals surface area contributed by atoms with Crippen LogP contribution in [0.1, 0.15) is 0 Å². The van der Waals surface area contributed by atoms with Gasteiger partial charge in [0.05, 0.1) is 17.0 Å². The predicted molar refractivity (Wildman–Crippen MR) is 273 cm³/mol. The minimum atomic E-state index is -0.327. The fourth-order valence-electron chi connectivity index (χ4n) is 9.31. The number of nitrogens with zero attached hydrogens (tertiary/aromatic N) is 5. The van der Waals surface area contributed by atoms with Crippen LogP contribution in [0.3, 0.4) is 0 Å². The van der Waals surface area contributed by atoms with E-state index in [1.807, 2.05) is 140 Å². The van der Waals surface area contributed by atoms with Crippen LogP contribution in [0.2, 0.25) is 0 Å². The van der Waals surface area contributed by atoms with Crippen molar-refractivity contribution in [1.29, 1.82) is 0 Å². The maximum absolute atomic E-state index is 6.89. The molecule has 69 heavy (non-hydrogen) atoms. The zero-order valence-corrected chi connectivity index (χ0v) is 37.0. The Bertz CT molecular complexity index is 3720. The van der Waals surface area contributed by atoms with Gasteiger partial charge in [-0.1, -0.05) is 127 Å². The van der Waals surface area contributed by atoms with E-state index in [9.17, 15) is 0 Å². The maximum Gasteiger partial charge on any atom is 0.174 e. The molecule has 13 rings (SSSR count). The molecular formula is C61H39N5O3. The van der Waals surface area contributed by atoms with Gasteiger partial charge in [-0.3, -0.25) is 9.97 Å². The van der Waals surface area contributed by atoms with Gasteiger partial charge < -0.3 is 13.9 Å². The van der Waals surface area contributed by atoms with E-state index in [1.165, 1.54) is 0 Å². The van der Waals surface area contributed by atoms with Crippen LogP contribution in [0.25, 0.3) is 112 Å². The number of fused-ring (bicyclic) bond motifs is 5. The van der Waals surface area contributed by atoms with Gasteiger partial charge in [-0.05, 0) is 113 Å². The molecule has 0 saturated heterocycles. The second-order valence-corrected chi connectivity index (χ2v) is 17.1. The molecule has 0 spiro atoms. The highest BCUT2D eigenvalue weighted by molar-refractivity contribution is 6.05. The lowest BCUT2D eigenvalue weighted by Crippen LogP contribution is -2.38. The monoisotopic (exact) mass is 889 g/mol. The largest absolute Gasteiger partial charge is 0.478 e. The van der Waals surface area contributed by atoms with Crippen molar-refractivity contribution in [3.8, 4) is 102 Å². The average Bonchev–Trinajstić information content (AvgIpc) is 3.81. The molecule has 4 aromatic heterocycles. The Morgan fingerprint density at radius 2 is 0.841 bits per heavy atom. The summed E-state index contributed by atoms with van der Waals surface area (Å²) in [6, 6.07) is 64.1. The zero-order valence-electron chi connectivity index (χ0n) is 37.0. The normalized spacial score (nSPS) is 14.8. The lowest BCUT2D eigenvalue weighted by molar-refractivity contribution is 0.0769. The Labute approximate surface area is 397 Å². The van der Waals surface area contributed by atoms with Crippen LogP contribution in [-0.4, -0.2) is 37.1 Å². The van der Waals surface area contributed by atoms with E-state index in [1.54, 1.807) is 0 Å². The number of hydrogen-bond donors (Lipinski definition) is 0. The molecule has 0 saturated carbocycles. The van der Waals surface area contributed by atoms with Crippen LogP contribution in [0.4, 0.5) is 0 Å². The first-order valence-corrected chi connectivity index (χ1v) is 22.9. The van der Waals surface area contributed by atoms with Gasteiger partial charge in [0.1, 0.15) is 11.2 Å². The molecule has 1 aliphatic heterocycles. The van der Waals surface area contributed by atoms with Crippen LogP contribution in [0.15, 0.2) is 229 Å². The highest BCUT2D eigenvalue weighted by Gasteiger charge is 2.34. The summed E-state index contributed by atoms with van der Waals surface area (Å²) >= 11 is 0. The lowest BCUT2D eigenvalue weighted by Gasteiger charge is -2.34. The summed E-state index contributed by atoms with van der Waals surface area (Å²) < 4.78 is 20.1. The Morgan fingerprint density at radius 1 is 0.333 bits per heavy atom. The number of aromatic nitrogens is 5. The van der Waals surface area contributed by atoms with E-state index in [0.29, 0.717) is 34.5 Å². The van der Waals surface area contributed by atoms with Crippen molar-refractivity contribution in [2.24, 2.45) is 0 Å². The minimum absolute atomic E-state index is 0.302. The number of para-hydroxylation sites is 1. The van der Waals surface area contributed by atoms with Gasteiger partial charge >= 0.3 is 0 Å². The van der Waals surface area contributed by atoms with Crippen LogP contribution < -0.4 is 9.47 Å². The van der Waals surface area contributed by atoms with E-state index in [2.05, 4.69) is 94.9 Å². The summed E-state index contributed by atoms with van der Waals surface area (Å²) in [7, 11) is 0. The Hall–Kier alpha value is -9.27. The third-order valence-corrected chi connectivity index (χ3v) is 12.8. The van der Waals surface area contributed by atoms with E-state index in [-0.39, 0.29) is 12.2 Å². The summed E-state index contributed by atoms with van der Waals surface area (Å²) in [5.74, 6) is 2.75. The molecule has 326 valence electrons. The molecule has 8 nitrogen and oxygen atoms in total. The summed E-state index contributed by atoms with van der Waals surface area (Å²) in [4.78, 5) is 24.6. The van der Waals surface area contributed by atoms with E-state index >= 15 is 0 Å². The van der Waals surface area contributed by atoms with E-state index in [4.69, 9.17) is 28.8 Å². The highest BCUT2D eigenvalue weighted by atomic mass is 16.6. The van der Waals surface area contributed by atoms with Crippen LogP contribution in [0, 0.1) is 0 Å². The van der Waals surface area contributed by atoms with E-state index < -0.39 is 0 Å².